The SMILES string of the molecule is CC(Sc1ncnn1C)C(=O)c1ccc(Br)cc1. The zero-order chi connectivity index (χ0) is 13.1. The van der Waals surface area contributed by atoms with Crippen molar-refractivity contribution in [3.63, 3.8) is 0 Å². The largest absolute Gasteiger partial charge is 0.293 e. The second-order valence-electron chi connectivity index (χ2n) is 3.80. The van der Waals surface area contributed by atoms with Crippen molar-refractivity contribution in [2.45, 2.75) is 17.3 Å². The molecule has 0 N–H and O–H groups in total. The quantitative estimate of drug-likeness (QED) is 0.640. The maximum absolute atomic E-state index is 12.2. The van der Waals surface area contributed by atoms with Crippen LogP contribution in [0.2, 0.25) is 0 Å². The van der Waals surface area contributed by atoms with E-state index in [0.717, 1.165) is 9.63 Å². The molecule has 6 heteroatoms. The van der Waals surface area contributed by atoms with E-state index in [2.05, 4.69) is 26.0 Å². The fourth-order valence-electron chi connectivity index (χ4n) is 1.45. The number of ketones is 1. The lowest BCUT2D eigenvalue weighted by Gasteiger charge is -2.09. The summed E-state index contributed by atoms with van der Waals surface area (Å²) in [6.45, 7) is 1.88. The van der Waals surface area contributed by atoms with Crippen molar-refractivity contribution in [3.05, 3.63) is 40.6 Å². The van der Waals surface area contributed by atoms with Crippen LogP contribution in [0, 0.1) is 0 Å². The van der Waals surface area contributed by atoms with Gasteiger partial charge in [-0.2, -0.15) is 5.10 Å². The molecule has 2 aromatic rings. The Balaban J connectivity index is 2.09. The zero-order valence-electron chi connectivity index (χ0n) is 10.0. The van der Waals surface area contributed by atoms with Gasteiger partial charge in [-0.3, -0.25) is 4.79 Å². The number of hydrogen-bond donors (Lipinski definition) is 0. The van der Waals surface area contributed by atoms with Crippen molar-refractivity contribution in [3.8, 4) is 0 Å². The molecular weight excluding hydrogens is 314 g/mol. The molecule has 0 bridgehead atoms. The minimum Gasteiger partial charge on any atom is -0.293 e. The Hall–Kier alpha value is -1.14. The summed E-state index contributed by atoms with van der Waals surface area (Å²) in [5, 5.41) is 4.54. The highest BCUT2D eigenvalue weighted by Crippen LogP contribution is 2.23. The van der Waals surface area contributed by atoms with Crippen LogP contribution in [0.1, 0.15) is 17.3 Å². The van der Waals surface area contributed by atoms with E-state index >= 15 is 0 Å². The molecule has 1 unspecified atom stereocenters. The predicted octanol–water partition coefficient (Wildman–Crippen LogP) is 2.94. The lowest BCUT2D eigenvalue weighted by atomic mass is 10.1. The van der Waals surface area contributed by atoms with Gasteiger partial charge in [-0.05, 0) is 19.1 Å². The molecule has 94 valence electrons. The average Bonchev–Trinajstić information content (AvgIpc) is 2.75. The number of benzene rings is 1. The smallest absolute Gasteiger partial charge is 0.186 e. The van der Waals surface area contributed by atoms with Crippen LogP contribution < -0.4 is 0 Å². The second-order valence-corrected chi connectivity index (χ2v) is 6.02. The highest BCUT2D eigenvalue weighted by molar-refractivity contribution is 9.10. The van der Waals surface area contributed by atoms with Crippen molar-refractivity contribution in [1.29, 1.82) is 0 Å². The van der Waals surface area contributed by atoms with Crippen molar-refractivity contribution in [2.24, 2.45) is 7.05 Å². The Morgan fingerprint density at radius 1 is 1.39 bits per heavy atom. The Morgan fingerprint density at radius 2 is 2.06 bits per heavy atom. The maximum atomic E-state index is 12.2. The molecule has 1 atom stereocenters. The third-order valence-electron chi connectivity index (χ3n) is 2.45. The molecule has 0 radical (unpaired) electrons. The van der Waals surface area contributed by atoms with Crippen molar-refractivity contribution >= 4 is 33.5 Å². The number of rotatable bonds is 4. The molecule has 0 spiro atoms. The molecule has 0 aliphatic heterocycles. The maximum Gasteiger partial charge on any atom is 0.186 e. The Labute approximate surface area is 118 Å². The molecule has 1 heterocycles. The van der Waals surface area contributed by atoms with Gasteiger partial charge in [-0.1, -0.05) is 39.8 Å². The van der Waals surface area contributed by atoms with Crippen LogP contribution in [-0.4, -0.2) is 25.8 Å². The van der Waals surface area contributed by atoms with E-state index in [1.54, 1.807) is 4.68 Å². The summed E-state index contributed by atoms with van der Waals surface area (Å²) in [6, 6.07) is 7.38. The average molecular weight is 326 g/mol. The number of nitrogens with zero attached hydrogens (tertiary/aromatic N) is 3. The third kappa shape index (κ3) is 3.00. The van der Waals surface area contributed by atoms with Gasteiger partial charge in [-0.15, -0.1) is 0 Å². The first-order chi connectivity index (χ1) is 8.58. The number of aryl methyl sites for hydroxylation is 1. The highest BCUT2D eigenvalue weighted by Gasteiger charge is 2.18. The van der Waals surface area contributed by atoms with E-state index in [0.29, 0.717) is 5.56 Å². The standard InChI is InChI=1S/C12H12BrN3OS/c1-8(18-12-14-7-15-16(12)2)11(17)9-3-5-10(13)6-4-9/h3-8H,1-2H3. The molecule has 1 aromatic carbocycles. The molecule has 0 saturated heterocycles. The van der Waals surface area contributed by atoms with Crippen molar-refractivity contribution < 1.29 is 4.79 Å². The van der Waals surface area contributed by atoms with Gasteiger partial charge in [0.25, 0.3) is 0 Å². The molecule has 0 fully saturated rings. The monoisotopic (exact) mass is 325 g/mol. The molecule has 4 nitrogen and oxygen atoms in total. The van der Waals surface area contributed by atoms with E-state index in [9.17, 15) is 4.79 Å². The van der Waals surface area contributed by atoms with E-state index in [-0.39, 0.29) is 11.0 Å². The zero-order valence-corrected chi connectivity index (χ0v) is 12.4. The fourth-order valence-corrected chi connectivity index (χ4v) is 2.58. The number of carbonyl (C=O) groups excluding carboxylic acids is 1. The minimum atomic E-state index is -0.186. The summed E-state index contributed by atoms with van der Waals surface area (Å²) in [5.74, 6) is 0.0931. The molecule has 0 aliphatic carbocycles. The van der Waals surface area contributed by atoms with E-state index in [1.165, 1.54) is 18.1 Å². The van der Waals surface area contributed by atoms with Crippen molar-refractivity contribution in [1.82, 2.24) is 14.8 Å². The molecule has 0 amide bonds. The Morgan fingerprint density at radius 3 is 2.61 bits per heavy atom. The third-order valence-corrected chi connectivity index (χ3v) is 4.13. The van der Waals surface area contributed by atoms with E-state index in [4.69, 9.17) is 0 Å². The van der Waals surface area contributed by atoms with Crippen LogP contribution in [0.5, 0.6) is 0 Å². The van der Waals surface area contributed by atoms with Crippen LogP contribution in [-0.2, 0) is 7.05 Å². The Kier molecular flexibility index (Phi) is 4.19. The van der Waals surface area contributed by atoms with Gasteiger partial charge in [0.2, 0.25) is 0 Å². The summed E-state index contributed by atoms with van der Waals surface area (Å²) < 4.78 is 2.63. The van der Waals surface area contributed by atoms with Gasteiger partial charge in [0.1, 0.15) is 6.33 Å². The van der Waals surface area contributed by atoms with Gasteiger partial charge in [0, 0.05) is 17.1 Å². The predicted molar refractivity (Wildman–Crippen MR) is 74.8 cm³/mol. The van der Waals surface area contributed by atoms with Crippen LogP contribution in [0.15, 0.2) is 40.2 Å². The van der Waals surface area contributed by atoms with Crippen LogP contribution in [0.3, 0.4) is 0 Å². The molecule has 2 rings (SSSR count). The number of halogens is 1. The van der Waals surface area contributed by atoms with Gasteiger partial charge in [0.15, 0.2) is 10.9 Å². The van der Waals surface area contributed by atoms with E-state index < -0.39 is 0 Å². The summed E-state index contributed by atoms with van der Waals surface area (Å²) in [7, 11) is 1.81. The fraction of sp³-hybridized carbons (Fsp3) is 0.250. The van der Waals surface area contributed by atoms with Gasteiger partial charge >= 0.3 is 0 Å². The lowest BCUT2D eigenvalue weighted by molar-refractivity contribution is 0.0994. The van der Waals surface area contributed by atoms with Crippen LogP contribution in [0.4, 0.5) is 0 Å². The number of thioether (sulfide) groups is 1. The van der Waals surface area contributed by atoms with Crippen LogP contribution in [0.25, 0.3) is 0 Å². The summed E-state index contributed by atoms with van der Waals surface area (Å²) >= 11 is 4.76. The first-order valence-electron chi connectivity index (χ1n) is 5.38. The number of hydrogen-bond acceptors (Lipinski definition) is 4. The molecule has 1 aromatic heterocycles. The topological polar surface area (TPSA) is 47.8 Å². The van der Waals surface area contributed by atoms with Gasteiger partial charge in [0.05, 0.1) is 5.25 Å². The van der Waals surface area contributed by atoms with Gasteiger partial charge < -0.3 is 0 Å². The second kappa shape index (κ2) is 5.67. The normalized spacial score (nSPS) is 12.4. The molecule has 18 heavy (non-hydrogen) atoms. The molecule has 0 saturated carbocycles. The summed E-state index contributed by atoms with van der Waals surface area (Å²) in [5.41, 5.74) is 0.709. The highest BCUT2D eigenvalue weighted by atomic mass is 79.9. The molecule has 0 aliphatic rings. The lowest BCUT2D eigenvalue weighted by Crippen LogP contribution is -2.14. The number of carbonyl (C=O) groups is 1. The van der Waals surface area contributed by atoms with Crippen LogP contribution >= 0.6 is 27.7 Å². The number of aromatic nitrogens is 3. The first kappa shape index (κ1) is 13.3. The van der Waals surface area contributed by atoms with E-state index in [1.807, 2.05) is 38.2 Å². The summed E-state index contributed by atoms with van der Waals surface area (Å²) in [4.78, 5) is 16.3. The van der Waals surface area contributed by atoms with Crippen molar-refractivity contribution in [2.75, 3.05) is 0 Å². The Bertz CT molecular complexity index is 553. The molecular formula is C12H12BrN3OS. The summed E-state index contributed by atoms with van der Waals surface area (Å²) in [6.07, 6.45) is 1.49. The first-order valence-corrected chi connectivity index (χ1v) is 7.05. The van der Waals surface area contributed by atoms with Gasteiger partial charge in [-0.25, -0.2) is 9.67 Å². The minimum absolute atomic E-state index is 0.0931. The number of Topliss-reactive ketones (excluding diaryl/α,β-unsaturated/α-hetero) is 1.